The van der Waals surface area contributed by atoms with Gasteiger partial charge >= 0.3 is 0 Å². The lowest BCUT2D eigenvalue weighted by Crippen LogP contribution is -1.96. The van der Waals surface area contributed by atoms with Crippen LogP contribution in [0.3, 0.4) is 0 Å². The monoisotopic (exact) mass is 355 g/mol. The van der Waals surface area contributed by atoms with Gasteiger partial charge in [0.2, 0.25) is 0 Å². The molecule has 0 saturated carbocycles. The minimum atomic E-state index is -0.346. The molecule has 0 aliphatic rings. The van der Waals surface area contributed by atoms with Gasteiger partial charge in [0.25, 0.3) is 5.69 Å². The zero-order chi connectivity index (χ0) is 10.0. The van der Waals surface area contributed by atoms with Crippen LogP contribution < -0.4 is 0 Å². The normalized spacial score (nSPS) is 10.1. The summed E-state index contributed by atoms with van der Waals surface area (Å²) in [5.74, 6) is 0. The summed E-state index contributed by atoms with van der Waals surface area (Å²) in [6.07, 6.45) is 0. The molecule has 3 nitrogen and oxygen atoms in total. The highest BCUT2D eigenvalue weighted by Gasteiger charge is 2.15. The van der Waals surface area contributed by atoms with E-state index in [9.17, 15) is 10.1 Å². The summed E-state index contributed by atoms with van der Waals surface area (Å²) in [5.41, 5.74) is 2.07. The smallest absolute Gasteiger partial charge is 0.258 e. The quantitative estimate of drug-likeness (QED) is 0.353. The van der Waals surface area contributed by atoms with Crippen molar-refractivity contribution in [3.63, 3.8) is 0 Å². The first-order valence-corrected chi connectivity index (χ1v) is 5.75. The molecule has 5 heteroatoms. The van der Waals surface area contributed by atoms with Crippen LogP contribution >= 0.6 is 38.5 Å². The Morgan fingerprint density at radius 2 is 2.23 bits per heavy atom. The van der Waals surface area contributed by atoms with Crippen molar-refractivity contribution < 1.29 is 4.92 Å². The van der Waals surface area contributed by atoms with Crippen LogP contribution in [0.25, 0.3) is 0 Å². The SMILES string of the molecule is Cc1cc(CBr)c(I)c([N+](=O)[O-])c1. The average Bonchev–Trinajstić information content (AvgIpc) is 2.08. The summed E-state index contributed by atoms with van der Waals surface area (Å²) < 4.78 is 0.713. The summed E-state index contributed by atoms with van der Waals surface area (Å²) in [7, 11) is 0. The van der Waals surface area contributed by atoms with Gasteiger partial charge in [-0.1, -0.05) is 22.0 Å². The van der Waals surface area contributed by atoms with Gasteiger partial charge in [-0.15, -0.1) is 0 Å². The molecule has 0 aliphatic carbocycles. The predicted molar refractivity (Wildman–Crippen MR) is 63.2 cm³/mol. The third kappa shape index (κ3) is 2.40. The molecular weight excluding hydrogens is 349 g/mol. The van der Waals surface area contributed by atoms with E-state index in [0.29, 0.717) is 8.90 Å². The number of hydrogen-bond donors (Lipinski definition) is 0. The molecule has 0 saturated heterocycles. The third-order valence-corrected chi connectivity index (χ3v) is 3.46. The van der Waals surface area contributed by atoms with Crippen LogP contribution in [0.15, 0.2) is 12.1 Å². The number of rotatable bonds is 2. The summed E-state index contributed by atoms with van der Waals surface area (Å²) in [4.78, 5) is 10.3. The molecule has 0 N–H and O–H groups in total. The fraction of sp³-hybridized carbons (Fsp3) is 0.250. The molecule has 0 atom stereocenters. The molecule has 0 bridgehead atoms. The fourth-order valence-electron chi connectivity index (χ4n) is 1.05. The van der Waals surface area contributed by atoms with E-state index in [0.717, 1.165) is 11.1 Å². The first-order valence-electron chi connectivity index (χ1n) is 3.55. The Morgan fingerprint density at radius 3 is 2.69 bits per heavy atom. The van der Waals surface area contributed by atoms with Gasteiger partial charge in [0.05, 0.1) is 8.49 Å². The number of nitro groups is 1. The first kappa shape index (κ1) is 10.9. The minimum Gasteiger partial charge on any atom is -0.258 e. The van der Waals surface area contributed by atoms with Crippen LogP contribution in [-0.2, 0) is 5.33 Å². The number of nitrogens with zero attached hydrogens (tertiary/aromatic N) is 1. The second-order valence-corrected chi connectivity index (χ2v) is 4.29. The van der Waals surface area contributed by atoms with Gasteiger partial charge in [0, 0.05) is 11.4 Å². The number of benzene rings is 1. The maximum atomic E-state index is 10.6. The zero-order valence-electron chi connectivity index (χ0n) is 6.88. The van der Waals surface area contributed by atoms with Gasteiger partial charge in [-0.3, -0.25) is 10.1 Å². The maximum Gasteiger partial charge on any atom is 0.283 e. The average molecular weight is 356 g/mol. The summed E-state index contributed by atoms with van der Waals surface area (Å²) in [6, 6.07) is 3.54. The molecule has 0 fully saturated rings. The van der Waals surface area contributed by atoms with Gasteiger partial charge < -0.3 is 0 Å². The van der Waals surface area contributed by atoms with Crippen LogP contribution in [0.4, 0.5) is 5.69 Å². The lowest BCUT2D eigenvalue weighted by molar-refractivity contribution is -0.385. The first-order chi connectivity index (χ1) is 6.06. The van der Waals surface area contributed by atoms with E-state index in [-0.39, 0.29) is 10.6 Å². The molecule has 0 unspecified atom stereocenters. The zero-order valence-corrected chi connectivity index (χ0v) is 10.6. The van der Waals surface area contributed by atoms with Crippen LogP contribution in [0.2, 0.25) is 0 Å². The van der Waals surface area contributed by atoms with Gasteiger partial charge in [-0.25, -0.2) is 0 Å². The van der Waals surface area contributed by atoms with Gasteiger partial charge in [0.15, 0.2) is 0 Å². The molecule has 1 aromatic rings. The van der Waals surface area contributed by atoms with Crippen molar-refractivity contribution >= 4 is 44.2 Å². The van der Waals surface area contributed by atoms with Gasteiger partial charge in [-0.05, 0) is 40.6 Å². The Morgan fingerprint density at radius 1 is 1.62 bits per heavy atom. The molecule has 0 spiro atoms. The molecule has 1 aromatic carbocycles. The van der Waals surface area contributed by atoms with E-state index >= 15 is 0 Å². The van der Waals surface area contributed by atoms with E-state index < -0.39 is 0 Å². The highest BCUT2D eigenvalue weighted by atomic mass is 127. The molecule has 70 valence electrons. The highest BCUT2D eigenvalue weighted by molar-refractivity contribution is 14.1. The Bertz CT molecular complexity index is 354. The van der Waals surface area contributed by atoms with Crippen molar-refractivity contribution in [3.05, 3.63) is 36.9 Å². The molecule has 0 aromatic heterocycles. The van der Waals surface area contributed by atoms with Crippen LogP contribution in [0.1, 0.15) is 11.1 Å². The number of nitro benzene ring substituents is 1. The number of aryl methyl sites for hydroxylation is 1. The Labute approximate surface area is 97.9 Å². The van der Waals surface area contributed by atoms with Crippen LogP contribution in [0, 0.1) is 20.6 Å². The lowest BCUT2D eigenvalue weighted by atomic mass is 10.1. The molecule has 13 heavy (non-hydrogen) atoms. The van der Waals surface area contributed by atoms with Crippen molar-refractivity contribution in [2.24, 2.45) is 0 Å². The molecule has 0 radical (unpaired) electrons. The molecule has 0 amide bonds. The van der Waals surface area contributed by atoms with Crippen molar-refractivity contribution in [2.75, 3.05) is 0 Å². The lowest BCUT2D eigenvalue weighted by Gasteiger charge is -2.03. The molecular formula is C8H7BrINO2. The summed E-state index contributed by atoms with van der Waals surface area (Å²) in [5, 5.41) is 11.3. The van der Waals surface area contributed by atoms with Crippen molar-refractivity contribution in [2.45, 2.75) is 12.3 Å². The Kier molecular flexibility index (Phi) is 3.66. The third-order valence-electron chi connectivity index (χ3n) is 1.61. The van der Waals surface area contributed by atoms with Gasteiger partial charge in [-0.2, -0.15) is 0 Å². The largest absolute Gasteiger partial charge is 0.283 e. The van der Waals surface area contributed by atoms with Crippen molar-refractivity contribution in [3.8, 4) is 0 Å². The molecule has 1 rings (SSSR count). The van der Waals surface area contributed by atoms with Gasteiger partial charge in [0.1, 0.15) is 0 Å². The number of halogens is 2. The van der Waals surface area contributed by atoms with Crippen molar-refractivity contribution in [1.29, 1.82) is 0 Å². The molecule has 0 heterocycles. The fourth-order valence-corrected chi connectivity index (χ4v) is 2.72. The maximum absolute atomic E-state index is 10.6. The standard InChI is InChI=1S/C8H7BrINO2/c1-5-2-6(4-9)8(10)7(3-5)11(12)13/h2-3H,4H2,1H3. The van der Waals surface area contributed by atoms with E-state index in [1.165, 1.54) is 0 Å². The second-order valence-electron chi connectivity index (χ2n) is 2.65. The van der Waals surface area contributed by atoms with E-state index in [2.05, 4.69) is 15.9 Å². The predicted octanol–water partition coefficient (Wildman–Crippen LogP) is 3.40. The number of hydrogen-bond acceptors (Lipinski definition) is 2. The van der Waals surface area contributed by atoms with E-state index in [4.69, 9.17) is 0 Å². The highest BCUT2D eigenvalue weighted by Crippen LogP contribution is 2.27. The summed E-state index contributed by atoms with van der Waals surface area (Å²) >= 11 is 5.30. The Balaban J connectivity index is 3.35. The Hall–Kier alpha value is -0.170. The topological polar surface area (TPSA) is 43.1 Å². The molecule has 0 aliphatic heterocycles. The van der Waals surface area contributed by atoms with Crippen LogP contribution in [0.5, 0.6) is 0 Å². The number of alkyl halides is 1. The van der Waals surface area contributed by atoms with E-state index in [1.807, 2.05) is 35.6 Å². The van der Waals surface area contributed by atoms with Crippen LogP contribution in [-0.4, -0.2) is 4.92 Å². The minimum absolute atomic E-state index is 0.190. The van der Waals surface area contributed by atoms with E-state index in [1.54, 1.807) is 6.07 Å². The van der Waals surface area contributed by atoms with Crippen molar-refractivity contribution in [1.82, 2.24) is 0 Å². The second kappa shape index (κ2) is 4.36. The summed E-state index contributed by atoms with van der Waals surface area (Å²) in [6.45, 7) is 1.86.